The first-order valence-corrected chi connectivity index (χ1v) is 13.7. The second kappa shape index (κ2) is 19.3. The summed E-state index contributed by atoms with van der Waals surface area (Å²) in [6, 6.07) is -0.704. The Labute approximate surface area is 207 Å². The van der Waals surface area contributed by atoms with Crippen molar-refractivity contribution >= 4 is 23.6 Å². The number of ether oxygens (including phenoxy) is 1. The zero-order valence-electron chi connectivity index (χ0n) is 20.3. The predicted molar refractivity (Wildman–Crippen MR) is 134 cm³/mol. The number of rotatable bonds is 19. The number of carbonyl (C=O) groups is 2. The van der Waals surface area contributed by atoms with E-state index in [2.05, 4.69) is 10.6 Å². The number of aliphatic hydroxyl groups excluding tert-OH is 3. The third-order valence-corrected chi connectivity index (χ3v) is 7.14. The standard InChI is InChI=1S/C23H46N4O6S/c24-12-6-1-4-10-18(29)26-13-7-2-5-11-19(30)27-14-8-3-9-15-34-23-20(25)22(32)21(31)17(16-28)33-23/h17,20-23,28,31-32H,1-16,24-25H2,(H,26,29)(H,27,30)/t17?,20?,21-,22-,23-/m0/s1. The molecule has 2 unspecified atom stereocenters. The van der Waals surface area contributed by atoms with E-state index in [0.29, 0.717) is 32.5 Å². The second-order valence-corrected chi connectivity index (χ2v) is 10.0. The van der Waals surface area contributed by atoms with E-state index in [0.717, 1.165) is 63.5 Å². The van der Waals surface area contributed by atoms with Crippen LogP contribution in [0.2, 0.25) is 0 Å². The summed E-state index contributed by atoms with van der Waals surface area (Å²) in [4.78, 5) is 23.6. The quantitative estimate of drug-likeness (QED) is 0.118. The molecule has 0 spiro atoms. The summed E-state index contributed by atoms with van der Waals surface area (Å²) >= 11 is 1.47. The minimum Gasteiger partial charge on any atom is -0.394 e. The van der Waals surface area contributed by atoms with E-state index in [-0.39, 0.29) is 18.4 Å². The monoisotopic (exact) mass is 506 g/mol. The van der Waals surface area contributed by atoms with Crippen LogP contribution in [0.5, 0.6) is 0 Å². The van der Waals surface area contributed by atoms with Crippen molar-refractivity contribution < 1.29 is 29.6 Å². The number of hydrogen-bond donors (Lipinski definition) is 7. The average Bonchev–Trinajstić information content (AvgIpc) is 2.83. The summed E-state index contributed by atoms with van der Waals surface area (Å²) in [5.74, 6) is 0.924. The maximum absolute atomic E-state index is 11.9. The predicted octanol–water partition coefficient (Wildman–Crippen LogP) is -0.0319. The lowest BCUT2D eigenvalue weighted by molar-refractivity contribution is -0.165. The lowest BCUT2D eigenvalue weighted by Crippen LogP contribution is -2.60. The van der Waals surface area contributed by atoms with Gasteiger partial charge in [0.15, 0.2) is 0 Å². The number of nitrogens with one attached hydrogen (secondary N) is 2. The van der Waals surface area contributed by atoms with Crippen LogP contribution in [-0.2, 0) is 14.3 Å². The van der Waals surface area contributed by atoms with Gasteiger partial charge in [-0.15, -0.1) is 11.8 Å². The van der Waals surface area contributed by atoms with Gasteiger partial charge in [-0.25, -0.2) is 0 Å². The fourth-order valence-corrected chi connectivity index (χ4v) is 4.89. The summed E-state index contributed by atoms with van der Waals surface area (Å²) in [6.45, 7) is 1.61. The zero-order chi connectivity index (χ0) is 25.2. The maximum atomic E-state index is 11.9. The molecule has 1 aliphatic heterocycles. The van der Waals surface area contributed by atoms with Gasteiger partial charge in [0.05, 0.1) is 12.6 Å². The molecule has 2 amide bonds. The van der Waals surface area contributed by atoms with Gasteiger partial charge < -0.3 is 42.2 Å². The molecule has 10 nitrogen and oxygen atoms in total. The number of amides is 2. The lowest BCUT2D eigenvalue weighted by Gasteiger charge is -2.40. The highest BCUT2D eigenvalue weighted by Crippen LogP contribution is 2.28. The zero-order valence-corrected chi connectivity index (χ0v) is 21.1. The first-order chi connectivity index (χ1) is 16.4. The Bertz CT molecular complexity index is 558. The number of hydrogen-bond acceptors (Lipinski definition) is 9. The third-order valence-electron chi connectivity index (χ3n) is 5.86. The Morgan fingerprint density at radius 3 is 1.94 bits per heavy atom. The van der Waals surface area contributed by atoms with E-state index >= 15 is 0 Å². The Kier molecular flexibility index (Phi) is 17.6. The van der Waals surface area contributed by atoms with Gasteiger partial charge in [0.2, 0.25) is 11.8 Å². The molecule has 11 heteroatoms. The highest BCUT2D eigenvalue weighted by atomic mass is 32.2. The van der Waals surface area contributed by atoms with Crippen LogP contribution >= 0.6 is 11.8 Å². The van der Waals surface area contributed by atoms with Gasteiger partial charge in [0.25, 0.3) is 0 Å². The first-order valence-electron chi connectivity index (χ1n) is 12.6. The normalized spacial score (nSPS) is 24.7. The highest BCUT2D eigenvalue weighted by Gasteiger charge is 2.42. The molecule has 34 heavy (non-hydrogen) atoms. The molecule has 0 aromatic rings. The Hall–Kier alpha value is -0.950. The van der Waals surface area contributed by atoms with Crippen molar-refractivity contribution in [3.8, 4) is 0 Å². The van der Waals surface area contributed by atoms with Crippen LogP contribution < -0.4 is 22.1 Å². The molecule has 0 aliphatic carbocycles. The topological polar surface area (TPSA) is 180 Å². The van der Waals surface area contributed by atoms with E-state index in [1.807, 2.05) is 0 Å². The van der Waals surface area contributed by atoms with Gasteiger partial charge in [-0.3, -0.25) is 9.59 Å². The summed E-state index contributed by atoms with van der Waals surface area (Å²) in [5, 5.41) is 34.9. The third kappa shape index (κ3) is 13.2. The maximum Gasteiger partial charge on any atom is 0.219 e. The van der Waals surface area contributed by atoms with E-state index < -0.39 is 29.8 Å². The van der Waals surface area contributed by atoms with Crippen molar-refractivity contribution in [2.75, 3.05) is 32.0 Å². The molecular formula is C23H46N4O6S. The number of nitrogens with two attached hydrogens (primary N) is 2. The molecule has 1 rings (SSSR count). The molecule has 0 bridgehead atoms. The van der Waals surface area contributed by atoms with Crippen molar-refractivity contribution in [3.05, 3.63) is 0 Å². The SMILES string of the molecule is NCCCCCC(=O)NCCCCCC(=O)NCCCCCS[C@@H]1OC(CO)[C@H](O)[C@@H](O)C1N. The van der Waals surface area contributed by atoms with Crippen LogP contribution in [0.3, 0.4) is 0 Å². The number of thioether (sulfide) groups is 1. The lowest BCUT2D eigenvalue weighted by atomic mass is 9.99. The highest BCUT2D eigenvalue weighted by molar-refractivity contribution is 7.99. The summed E-state index contributed by atoms with van der Waals surface area (Å²) in [6.07, 6.45) is 6.10. The van der Waals surface area contributed by atoms with Crippen LogP contribution in [0.25, 0.3) is 0 Å². The molecular weight excluding hydrogens is 460 g/mol. The number of unbranched alkanes of at least 4 members (excludes halogenated alkanes) is 6. The summed E-state index contributed by atoms with van der Waals surface area (Å²) in [5.41, 5.74) is 10.9. The van der Waals surface area contributed by atoms with Crippen molar-refractivity contribution in [2.24, 2.45) is 11.5 Å². The van der Waals surface area contributed by atoms with Crippen molar-refractivity contribution in [3.63, 3.8) is 0 Å². The van der Waals surface area contributed by atoms with Gasteiger partial charge in [-0.2, -0.15) is 0 Å². The molecule has 5 atom stereocenters. The average molecular weight is 507 g/mol. The van der Waals surface area contributed by atoms with Crippen LogP contribution in [-0.4, -0.2) is 88.9 Å². The minimum atomic E-state index is -1.18. The Morgan fingerprint density at radius 2 is 1.38 bits per heavy atom. The van der Waals surface area contributed by atoms with Crippen LogP contribution in [0.1, 0.15) is 70.6 Å². The molecule has 0 radical (unpaired) electrons. The van der Waals surface area contributed by atoms with Crippen LogP contribution in [0.15, 0.2) is 0 Å². The molecule has 200 valence electrons. The summed E-state index contributed by atoms with van der Waals surface area (Å²) < 4.78 is 5.58. The number of carbonyl (C=O) groups excluding carboxylic acids is 2. The van der Waals surface area contributed by atoms with E-state index in [1.165, 1.54) is 11.8 Å². The minimum absolute atomic E-state index is 0.0579. The van der Waals surface area contributed by atoms with E-state index in [9.17, 15) is 24.9 Å². The Balaban J connectivity index is 1.94. The van der Waals surface area contributed by atoms with Gasteiger partial charge in [0.1, 0.15) is 23.7 Å². The molecule has 0 aromatic carbocycles. The van der Waals surface area contributed by atoms with Crippen molar-refractivity contribution in [1.29, 1.82) is 0 Å². The molecule has 1 heterocycles. The summed E-state index contributed by atoms with van der Waals surface area (Å²) in [7, 11) is 0. The van der Waals surface area contributed by atoms with Crippen LogP contribution in [0.4, 0.5) is 0 Å². The van der Waals surface area contributed by atoms with Crippen LogP contribution in [0, 0.1) is 0 Å². The molecule has 9 N–H and O–H groups in total. The van der Waals surface area contributed by atoms with Gasteiger partial charge in [-0.05, 0) is 50.8 Å². The van der Waals surface area contributed by atoms with Gasteiger partial charge >= 0.3 is 0 Å². The Morgan fingerprint density at radius 1 is 0.824 bits per heavy atom. The molecule has 0 aromatic heterocycles. The molecule has 1 aliphatic rings. The van der Waals surface area contributed by atoms with Crippen molar-refractivity contribution in [1.82, 2.24) is 10.6 Å². The van der Waals surface area contributed by atoms with Gasteiger partial charge in [-0.1, -0.05) is 19.3 Å². The fourth-order valence-electron chi connectivity index (χ4n) is 3.68. The number of aliphatic hydroxyl groups is 3. The molecule has 1 fully saturated rings. The second-order valence-electron chi connectivity index (χ2n) is 8.83. The first kappa shape index (κ1) is 31.1. The van der Waals surface area contributed by atoms with Crippen molar-refractivity contribution in [2.45, 2.75) is 100 Å². The van der Waals surface area contributed by atoms with Gasteiger partial charge in [0, 0.05) is 25.9 Å². The molecule has 0 saturated carbocycles. The largest absolute Gasteiger partial charge is 0.394 e. The molecule has 1 saturated heterocycles. The van der Waals surface area contributed by atoms with E-state index in [4.69, 9.17) is 16.2 Å². The fraction of sp³-hybridized carbons (Fsp3) is 0.913. The van der Waals surface area contributed by atoms with E-state index in [1.54, 1.807) is 0 Å². The smallest absolute Gasteiger partial charge is 0.219 e.